The Morgan fingerprint density at radius 3 is 3.05 bits per heavy atom. The predicted octanol–water partition coefficient (Wildman–Crippen LogP) is 2.29. The first kappa shape index (κ1) is 14.1. The van der Waals surface area contributed by atoms with Crippen LogP contribution in [0.25, 0.3) is 0 Å². The number of nitrogens with zero attached hydrogens (tertiary/aromatic N) is 2. The van der Waals surface area contributed by atoms with E-state index in [4.69, 9.17) is 16.6 Å². The summed E-state index contributed by atoms with van der Waals surface area (Å²) in [5.41, 5.74) is 0. The number of furan rings is 1. The molecule has 0 aliphatic carbocycles. The highest BCUT2D eigenvalue weighted by atomic mass is 79.9. The van der Waals surface area contributed by atoms with E-state index in [0.717, 1.165) is 29.7 Å². The lowest BCUT2D eigenvalue weighted by atomic mass is 10.4. The molecule has 5 nitrogen and oxygen atoms in total. The molecule has 19 heavy (non-hydrogen) atoms. The van der Waals surface area contributed by atoms with Gasteiger partial charge in [-0.05, 0) is 46.7 Å². The molecule has 0 aliphatic rings. The number of rotatable bonds is 6. The summed E-state index contributed by atoms with van der Waals surface area (Å²) >= 11 is 8.53. The van der Waals surface area contributed by atoms with Crippen molar-refractivity contribution < 1.29 is 4.42 Å². The van der Waals surface area contributed by atoms with Crippen molar-refractivity contribution in [2.24, 2.45) is 0 Å². The maximum atomic E-state index is 5.20. The van der Waals surface area contributed by atoms with Crippen LogP contribution in [0, 0.1) is 0 Å². The molecule has 0 spiro atoms. The summed E-state index contributed by atoms with van der Waals surface area (Å²) in [7, 11) is 0. The fourth-order valence-corrected chi connectivity index (χ4v) is 2.05. The van der Waals surface area contributed by atoms with Crippen LogP contribution in [0.1, 0.15) is 12.2 Å². The van der Waals surface area contributed by atoms with Gasteiger partial charge in [0.25, 0.3) is 0 Å². The van der Waals surface area contributed by atoms with Gasteiger partial charge in [0.15, 0.2) is 5.11 Å². The second-order valence-electron chi connectivity index (χ2n) is 3.96. The minimum atomic E-state index is 0.602. The SMILES string of the molecule is S=C(NCCCn1cc(Br)cn1)NCc1ccco1. The molecule has 7 heteroatoms. The van der Waals surface area contributed by atoms with Crippen molar-refractivity contribution in [3.8, 4) is 0 Å². The van der Waals surface area contributed by atoms with Crippen molar-refractivity contribution in [3.05, 3.63) is 41.0 Å². The predicted molar refractivity (Wildman–Crippen MR) is 80.7 cm³/mol. The van der Waals surface area contributed by atoms with Crippen LogP contribution in [0.5, 0.6) is 0 Å². The van der Waals surface area contributed by atoms with Gasteiger partial charge in [0.1, 0.15) is 5.76 Å². The summed E-state index contributed by atoms with van der Waals surface area (Å²) in [6, 6.07) is 3.76. The van der Waals surface area contributed by atoms with Gasteiger partial charge in [0, 0.05) is 19.3 Å². The highest BCUT2D eigenvalue weighted by Crippen LogP contribution is 2.06. The molecule has 0 atom stereocenters. The number of hydrogen-bond donors (Lipinski definition) is 2. The number of hydrogen-bond acceptors (Lipinski definition) is 3. The normalized spacial score (nSPS) is 10.4. The van der Waals surface area contributed by atoms with Crippen LogP contribution in [0.3, 0.4) is 0 Å². The Hall–Kier alpha value is -1.34. The summed E-state index contributed by atoms with van der Waals surface area (Å²) in [5.74, 6) is 0.866. The molecule has 2 aromatic rings. The van der Waals surface area contributed by atoms with E-state index in [-0.39, 0.29) is 0 Å². The molecule has 0 aliphatic heterocycles. The summed E-state index contributed by atoms with van der Waals surface area (Å²) in [6.07, 6.45) is 6.34. The minimum absolute atomic E-state index is 0.602. The molecule has 0 saturated heterocycles. The van der Waals surface area contributed by atoms with Crippen molar-refractivity contribution in [3.63, 3.8) is 0 Å². The van der Waals surface area contributed by atoms with Crippen LogP contribution in [-0.4, -0.2) is 21.4 Å². The molecule has 2 N–H and O–H groups in total. The second kappa shape index (κ2) is 7.30. The van der Waals surface area contributed by atoms with Crippen molar-refractivity contribution in [1.82, 2.24) is 20.4 Å². The van der Waals surface area contributed by atoms with Gasteiger partial charge in [-0.15, -0.1) is 0 Å². The maximum Gasteiger partial charge on any atom is 0.166 e. The number of thiocarbonyl (C=S) groups is 1. The molecule has 2 aromatic heterocycles. The number of aromatic nitrogens is 2. The average molecular weight is 343 g/mol. The Morgan fingerprint density at radius 1 is 1.47 bits per heavy atom. The van der Waals surface area contributed by atoms with E-state index < -0.39 is 0 Å². The van der Waals surface area contributed by atoms with Gasteiger partial charge in [0.2, 0.25) is 0 Å². The first-order chi connectivity index (χ1) is 9.24. The van der Waals surface area contributed by atoms with E-state index in [1.54, 1.807) is 12.5 Å². The van der Waals surface area contributed by atoms with Gasteiger partial charge in [-0.25, -0.2) is 0 Å². The molecule has 2 heterocycles. The zero-order chi connectivity index (χ0) is 13.5. The number of nitrogens with one attached hydrogen (secondary N) is 2. The third kappa shape index (κ3) is 5.04. The molecule has 2 rings (SSSR count). The van der Waals surface area contributed by atoms with Crippen LogP contribution in [0.15, 0.2) is 39.7 Å². The van der Waals surface area contributed by atoms with E-state index in [1.165, 1.54) is 0 Å². The summed E-state index contributed by atoms with van der Waals surface area (Å²) in [4.78, 5) is 0. The first-order valence-electron chi connectivity index (χ1n) is 5.96. The number of halogens is 1. The van der Waals surface area contributed by atoms with Crippen LogP contribution >= 0.6 is 28.1 Å². The maximum absolute atomic E-state index is 5.20. The van der Waals surface area contributed by atoms with Crippen molar-refractivity contribution in [2.75, 3.05) is 6.54 Å². The topological polar surface area (TPSA) is 55.0 Å². The number of aryl methyl sites for hydroxylation is 1. The Morgan fingerprint density at radius 2 is 2.37 bits per heavy atom. The fourth-order valence-electron chi connectivity index (χ4n) is 1.55. The van der Waals surface area contributed by atoms with Crippen molar-refractivity contribution in [1.29, 1.82) is 0 Å². The molecule has 0 unspecified atom stereocenters. The molecule has 0 radical (unpaired) electrons. The molecular formula is C12H15BrN4OS. The summed E-state index contributed by atoms with van der Waals surface area (Å²) < 4.78 is 8.09. The smallest absolute Gasteiger partial charge is 0.166 e. The lowest BCUT2D eigenvalue weighted by Gasteiger charge is -2.09. The lowest BCUT2D eigenvalue weighted by Crippen LogP contribution is -2.35. The Kier molecular flexibility index (Phi) is 5.41. The van der Waals surface area contributed by atoms with Crippen LogP contribution in [-0.2, 0) is 13.1 Å². The highest BCUT2D eigenvalue weighted by Gasteiger charge is 1.99. The van der Waals surface area contributed by atoms with Gasteiger partial charge >= 0.3 is 0 Å². The van der Waals surface area contributed by atoms with Gasteiger partial charge in [-0.1, -0.05) is 0 Å². The van der Waals surface area contributed by atoms with Crippen molar-refractivity contribution in [2.45, 2.75) is 19.5 Å². The minimum Gasteiger partial charge on any atom is -0.467 e. The van der Waals surface area contributed by atoms with Crippen LogP contribution < -0.4 is 10.6 Å². The summed E-state index contributed by atoms with van der Waals surface area (Å²) in [5, 5.41) is 11.1. The highest BCUT2D eigenvalue weighted by molar-refractivity contribution is 9.10. The molecule has 0 aromatic carbocycles. The summed E-state index contributed by atoms with van der Waals surface area (Å²) in [6.45, 7) is 2.27. The average Bonchev–Trinajstić information content (AvgIpc) is 3.04. The molecule has 0 amide bonds. The lowest BCUT2D eigenvalue weighted by molar-refractivity contribution is 0.502. The molecular weight excluding hydrogens is 328 g/mol. The van der Waals surface area contributed by atoms with Gasteiger partial charge < -0.3 is 15.1 Å². The Balaban J connectivity index is 1.56. The first-order valence-corrected chi connectivity index (χ1v) is 7.16. The Labute approximate surface area is 125 Å². The second-order valence-corrected chi connectivity index (χ2v) is 5.29. The zero-order valence-electron chi connectivity index (χ0n) is 10.3. The monoisotopic (exact) mass is 342 g/mol. The van der Waals surface area contributed by atoms with Crippen molar-refractivity contribution >= 4 is 33.3 Å². The van der Waals surface area contributed by atoms with Crippen LogP contribution in [0.2, 0.25) is 0 Å². The van der Waals surface area contributed by atoms with Gasteiger partial charge in [-0.2, -0.15) is 5.10 Å². The van der Waals surface area contributed by atoms with E-state index in [2.05, 4.69) is 31.7 Å². The molecule has 102 valence electrons. The Bertz CT molecular complexity index is 512. The molecule has 0 saturated carbocycles. The standard InChI is InChI=1S/C12H15BrN4OS/c13-10-7-16-17(9-10)5-2-4-14-12(19)15-8-11-3-1-6-18-11/h1,3,6-7,9H,2,4-5,8H2,(H2,14,15,19). The molecule has 0 fully saturated rings. The van der Waals surface area contributed by atoms with E-state index in [1.807, 2.05) is 23.0 Å². The van der Waals surface area contributed by atoms with E-state index in [0.29, 0.717) is 11.7 Å². The zero-order valence-corrected chi connectivity index (χ0v) is 12.7. The van der Waals surface area contributed by atoms with Gasteiger partial charge in [0.05, 0.1) is 23.5 Å². The third-order valence-corrected chi connectivity index (χ3v) is 3.15. The van der Waals surface area contributed by atoms with Gasteiger partial charge in [-0.3, -0.25) is 4.68 Å². The van der Waals surface area contributed by atoms with Crippen LogP contribution in [0.4, 0.5) is 0 Å². The molecule has 0 bridgehead atoms. The third-order valence-electron chi connectivity index (χ3n) is 2.45. The quantitative estimate of drug-likeness (QED) is 0.623. The largest absolute Gasteiger partial charge is 0.467 e. The van der Waals surface area contributed by atoms with E-state index >= 15 is 0 Å². The van der Waals surface area contributed by atoms with E-state index in [9.17, 15) is 0 Å². The fraction of sp³-hybridized carbons (Fsp3) is 0.333.